The summed E-state index contributed by atoms with van der Waals surface area (Å²) in [6.45, 7) is 0.590. The van der Waals surface area contributed by atoms with Gasteiger partial charge in [0.25, 0.3) is 5.91 Å². The van der Waals surface area contributed by atoms with Crippen LogP contribution in [0.3, 0.4) is 0 Å². The second-order valence-electron chi connectivity index (χ2n) is 5.75. The van der Waals surface area contributed by atoms with Crippen LogP contribution in [-0.2, 0) is 0 Å². The van der Waals surface area contributed by atoms with Crippen LogP contribution in [0.1, 0.15) is 28.5 Å². The number of nitrogens with zero attached hydrogens (tertiary/aromatic N) is 1. The van der Waals surface area contributed by atoms with Gasteiger partial charge < -0.3 is 10.1 Å². The van der Waals surface area contributed by atoms with Crippen molar-refractivity contribution in [3.63, 3.8) is 0 Å². The lowest BCUT2D eigenvalue weighted by molar-refractivity contribution is 0.0920. The molecule has 0 spiro atoms. The molecule has 4 nitrogen and oxygen atoms in total. The Kier molecular flexibility index (Phi) is 4.42. The highest BCUT2D eigenvalue weighted by Crippen LogP contribution is 2.32. The van der Waals surface area contributed by atoms with Gasteiger partial charge in [0.05, 0.1) is 12.6 Å². The topological polar surface area (TPSA) is 51.2 Å². The molecule has 25 heavy (non-hydrogen) atoms. The fourth-order valence-electron chi connectivity index (χ4n) is 2.86. The van der Waals surface area contributed by atoms with Crippen molar-refractivity contribution in [3.8, 4) is 16.3 Å². The highest BCUT2D eigenvalue weighted by Gasteiger charge is 2.24. The van der Waals surface area contributed by atoms with E-state index in [4.69, 9.17) is 16.3 Å². The Morgan fingerprint density at radius 2 is 2.12 bits per heavy atom. The monoisotopic (exact) mass is 370 g/mol. The Balaban J connectivity index is 1.53. The number of aromatic nitrogens is 1. The van der Waals surface area contributed by atoms with Crippen molar-refractivity contribution in [2.75, 3.05) is 6.61 Å². The van der Waals surface area contributed by atoms with Gasteiger partial charge in [-0.05, 0) is 18.2 Å². The minimum atomic E-state index is -0.175. The van der Waals surface area contributed by atoms with Crippen LogP contribution in [0.5, 0.6) is 5.75 Å². The van der Waals surface area contributed by atoms with Crippen molar-refractivity contribution in [1.82, 2.24) is 10.3 Å². The molecule has 1 aromatic heterocycles. The quantitative estimate of drug-likeness (QED) is 0.725. The second-order valence-corrected chi connectivity index (χ2v) is 7.04. The van der Waals surface area contributed by atoms with Gasteiger partial charge in [-0.1, -0.05) is 41.9 Å². The molecule has 126 valence electrons. The highest BCUT2D eigenvalue weighted by molar-refractivity contribution is 7.13. The molecule has 4 rings (SSSR count). The van der Waals surface area contributed by atoms with E-state index in [1.54, 1.807) is 5.38 Å². The third-order valence-corrected chi connectivity index (χ3v) is 5.20. The molecule has 1 amide bonds. The van der Waals surface area contributed by atoms with E-state index in [1.165, 1.54) is 11.3 Å². The maximum atomic E-state index is 12.6. The molecule has 2 aromatic carbocycles. The number of thiazole rings is 1. The predicted molar refractivity (Wildman–Crippen MR) is 99.3 cm³/mol. The van der Waals surface area contributed by atoms with Crippen molar-refractivity contribution in [1.29, 1.82) is 0 Å². The first-order valence-corrected chi connectivity index (χ1v) is 9.20. The molecule has 0 saturated carbocycles. The number of hydrogen-bond acceptors (Lipinski definition) is 4. The molecule has 0 fully saturated rings. The number of carbonyl (C=O) groups is 1. The van der Waals surface area contributed by atoms with Crippen molar-refractivity contribution in [2.45, 2.75) is 12.5 Å². The lowest BCUT2D eigenvalue weighted by Gasteiger charge is -2.26. The number of amides is 1. The Hall–Kier alpha value is -2.37. The molecule has 0 saturated heterocycles. The van der Waals surface area contributed by atoms with Crippen LogP contribution in [-0.4, -0.2) is 17.5 Å². The van der Waals surface area contributed by atoms with Gasteiger partial charge in [-0.3, -0.25) is 4.79 Å². The third kappa shape index (κ3) is 3.38. The molecule has 1 N–H and O–H groups in total. The van der Waals surface area contributed by atoms with Crippen LogP contribution in [0, 0.1) is 0 Å². The van der Waals surface area contributed by atoms with Crippen LogP contribution < -0.4 is 10.1 Å². The Labute approximate surface area is 154 Å². The second kappa shape index (κ2) is 6.86. The molecule has 2 heterocycles. The zero-order valence-electron chi connectivity index (χ0n) is 13.2. The van der Waals surface area contributed by atoms with Gasteiger partial charge in [0, 0.05) is 28.0 Å². The number of ether oxygens (including phenoxy) is 1. The summed E-state index contributed by atoms with van der Waals surface area (Å²) in [5, 5.41) is 6.27. The lowest BCUT2D eigenvalue weighted by atomic mass is 10.0. The summed E-state index contributed by atoms with van der Waals surface area (Å²) in [4.78, 5) is 17.1. The predicted octanol–water partition coefficient (Wildman–Crippen LogP) is 4.72. The number of rotatable bonds is 3. The average Bonchev–Trinajstić information content (AvgIpc) is 3.12. The van der Waals surface area contributed by atoms with Crippen molar-refractivity contribution >= 4 is 28.8 Å². The molecule has 6 heteroatoms. The summed E-state index contributed by atoms with van der Waals surface area (Å²) in [5.41, 5.74) is 2.34. The molecule has 1 aliphatic heterocycles. The van der Waals surface area contributed by atoms with E-state index in [1.807, 2.05) is 48.5 Å². The molecular formula is C19H15ClN2O2S. The first-order chi connectivity index (χ1) is 12.2. The van der Waals surface area contributed by atoms with Crippen LogP contribution in [0.15, 0.2) is 53.9 Å². The van der Waals surface area contributed by atoms with Gasteiger partial charge in [0.15, 0.2) is 0 Å². The zero-order valence-corrected chi connectivity index (χ0v) is 14.8. The SMILES string of the molecule is O=C(N[C@@H]1CCOc2ccccc21)c1csc(-c2cccc(Cl)c2)n1. The van der Waals surface area contributed by atoms with E-state index in [0.29, 0.717) is 17.3 Å². The normalized spacial score (nSPS) is 16.0. The van der Waals surface area contributed by atoms with Crippen molar-refractivity contribution in [2.24, 2.45) is 0 Å². The fourth-order valence-corrected chi connectivity index (χ4v) is 3.84. The lowest BCUT2D eigenvalue weighted by Crippen LogP contribution is -2.32. The summed E-state index contributed by atoms with van der Waals surface area (Å²) in [6.07, 6.45) is 0.744. The maximum absolute atomic E-state index is 12.6. The summed E-state index contributed by atoms with van der Waals surface area (Å²) >= 11 is 7.46. The molecule has 0 aliphatic carbocycles. The molecule has 1 atom stereocenters. The van der Waals surface area contributed by atoms with Crippen LogP contribution in [0.25, 0.3) is 10.6 Å². The molecule has 0 radical (unpaired) electrons. The van der Waals surface area contributed by atoms with E-state index in [-0.39, 0.29) is 11.9 Å². The molecular weight excluding hydrogens is 356 g/mol. The number of hydrogen-bond donors (Lipinski definition) is 1. The molecule has 1 aliphatic rings. The Morgan fingerprint density at radius 1 is 1.24 bits per heavy atom. The summed E-state index contributed by atoms with van der Waals surface area (Å²) in [7, 11) is 0. The number of halogens is 1. The van der Waals surface area contributed by atoms with Crippen LogP contribution in [0.4, 0.5) is 0 Å². The minimum absolute atomic E-state index is 0.0613. The fraction of sp³-hybridized carbons (Fsp3) is 0.158. The summed E-state index contributed by atoms with van der Waals surface area (Å²) in [5.74, 6) is 0.656. The molecule has 0 unspecified atom stereocenters. The van der Waals surface area contributed by atoms with Gasteiger partial charge in [0.1, 0.15) is 16.5 Å². The zero-order chi connectivity index (χ0) is 17.2. The summed E-state index contributed by atoms with van der Waals surface area (Å²) < 4.78 is 5.64. The highest BCUT2D eigenvalue weighted by atomic mass is 35.5. The van der Waals surface area contributed by atoms with Gasteiger partial charge >= 0.3 is 0 Å². The number of fused-ring (bicyclic) bond motifs is 1. The first kappa shape index (κ1) is 16.1. The third-order valence-electron chi connectivity index (χ3n) is 4.07. The van der Waals surface area contributed by atoms with E-state index in [9.17, 15) is 4.79 Å². The van der Waals surface area contributed by atoms with Crippen molar-refractivity contribution < 1.29 is 9.53 Å². The summed E-state index contributed by atoms with van der Waals surface area (Å²) in [6, 6.07) is 15.2. The van der Waals surface area contributed by atoms with E-state index >= 15 is 0 Å². The minimum Gasteiger partial charge on any atom is -0.493 e. The maximum Gasteiger partial charge on any atom is 0.271 e. The Bertz CT molecular complexity index is 925. The van der Waals surface area contributed by atoms with Gasteiger partial charge in [-0.15, -0.1) is 11.3 Å². The van der Waals surface area contributed by atoms with Crippen LogP contribution in [0.2, 0.25) is 5.02 Å². The largest absolute Gasteiger partial charge is 0.493 e. The van der Waals surface area contributed by atoms with Gasteiger partial charge in [0.2, 0.25) is 0 Å². The number of para-hydroxylation sites is 1. The average molecular weight is 371 g/mol. The first-order valence-electron chi connectivity index (χ1n) is 7.95. The number of nitrogens with one attached hydrogen (secondary N) is 1. The van der Waals surface area contributed by atoms with Crippen LogP contribution >= 0.6 is 22.9 Å². The van der Waals surface area contributed by atoms with Crippen molar-refractivity contribution in [3.05, 3.63) is 70.2 Å². The van der Waals surface area contributed by atoms with Gasteiger partial charge in [-0.2, -0.15) is 0 Å². The van der Waals surface area contributed by atoms with Gasteiger partial charge in [-0.25, -0.2) is 4.98 Å². The van der Waals surface area contributed by atoms with E-state index in [0.717, 1.165) is 28.3 Å². The Morgan fingerprint density at radius 3 is 3.00 bits per heavy atom. The number of benzene rings is 2. The standard InChI is InChI=1S/C19H15ClN2O2S/c20-13-5-3-4-12(10-13)19-22-16(11-25-19)18(23)21-15-8-9-24-17-7-2-1-6-14(15)17/h1-7,10-11,15H,8-9H2,(H,21,23)/t15-/m1/s1. The van der Waals surface area contributed by atoms with E-state index in [2.05, 4.69) is 10.3 Å². The number of carbonyl (C=O) groups excluding carboxylic acids is 1. The smallest absolute Gasteiger partial charge is 0.271 e. The van der Waals surface area contributed by atoms with E-state index < -0.39 is 0 Å². The molecule has 3 aromatic rings. The molecule has 0 bridgehead atoms.